The summed E-state index contributed by atoms with van der Waals surface area (Å²) in [4.78, 5) is 6.20. The zero-order chi connectivity index (χ0) is 9.84. The van der Waals surface area contributed by atoms with Gasteiger partial charge < -0.3 is 10.6 Å². The minimum Gasteiger partial charge on any atom is -0.384 e. The lowest BCUT2D eigenvalue weighted by atomic mass is 10.3. The number of hydrogen-bond acceptors (Lipinski definition) is 3. The average molecular weight is 177 g/mol. The fourth-order valence-electron chi connectivity index (χ4n) is 1.12. The van der Waals surface area contributed by atoms with E-state index >= 15 is 0 Å². The summed E-state index contributed by atoms with van der Waals surface area (Å²) in [6, 6.07) is 3.78. The summed E-state index contributed by atoms with van der Waals surface area (Å²) in [7, 11) is 3.96. The van der Waals surface area contributed by atoms with E-state index in [-0.39, 0.29) is 0 Å². The van der Waals surface area contributed by atoms with E-state index in [0.717, 1.165) is 10.6 Å². The van der Waals surface area contributed by atoms with Crippen molar-refractivity contribution in [2.45, 2.75) is 6.92 Å². The van der Waals surface area contributed by atoms with E-state index in [1.54, 1.807) is 0 Å². The molecule has 1 rings (SSSR count). The highest BCUT2D eigenvalue weighted by atomic mass is 15.0. The Morgan fingerprint density at radius 1 is 1.38 bits per heavy atom. The monoisotopic (exact) mass is 177 g/mol. The summed E-state index contributed by atoms with van der Waals surface area (Å²) in [5.41, 5.74) is 5.58. The topological polar surface area (TPSA) is 42.1 Å². The Hall–Kier alpha value is -1.51. The summed E-state index contributed by atoms with van der Waals surface area (Å²) in [6.07, 6.45) is 3.97. The van der Waals surface area contributed by atoms with Crippen LogP contribution in [0.15, 0.2) is 12.1 Å². The van der Waals surface area contributed by atoms with Crippen LogP contribution in [0.25, 0.3) is 12.3 Å². The molecule has 0 aliphatic heterocycles. The van der Waals surface area contributed by atoms with Crippen molar-refractivity contribution in [3.63, 3.8) is 0 Å². The van der Waals surface area contributed by atoms with E-state index < -0.39 is 0 Å². The second-order valence-corrected chi connectivity index (χ2v) is 3.09. The van der Waals surface area contributed by atoms with Crippen LogP contribution in [-0.2, 0) is 0 Å². The standard InChI is InChI=1S/C10H15N3/c1-4-9-8(7-13(2)3)5-6-10(11)12-9/h4-7H,1-3H3,(H2,11,12)/b8-7-,9-4+. The highest BCUT2D eigenvalue weighted by molar-refractivity contribution is 5.33. The largest absolute Gasteiger partial charge is 0.384 e. The molecule has 0 amide bonds. The first kappa shape index (κ1) is 9.58. The predicted octanol–water partition coefficient (Wildman–Crippen LogP) is -0.236. The summed E-state index contributed by atoms with van der Waals surface area (Å²) >= 11 is 0. The minimum absolute atomic E-state index is 0.559. The molecule has 0 aromatic carbocycles. The van der Waals surface area contributed by atoms with E-state index in [1.165, 1.54) is 0 Å². The highest BCUT2D eigenvalue weighted by Crippen LogP contribution is 1.84. The van der Waals surface area contributed by atoms with Gasteiger partial charge in [-0.25, -0.2) is 4.98 Å². The lowest BCUT2D eigenvalue weighted by molar-refractivity contribution is 0.613. The highest BCUT2D eigenvalue weighted by Gasteiger charge is 1.88. The van der Waals surface area contributed by atoms with E-state index in [0.29, 0.717) is 5.82 Å². The van der Waals surface area contributed by atoms with Gasteiger partial charge in [-0.05, 0) is 19.1 Å². The molecule has 0 atom stereocenters. The molecule has 0 aliphatic carbocycles. The second kappa shape index (κ2) is 3.94. The van der Waals surface area contributed by atoms with Gasteiger partial charge in [-0.1, -0.05) is 6.08 Å². The maximum absolute atomic E-state index is 5.58. The van der Waals surface area contributed by atoms with Gasteiger partial charge >= 0.3 is 0 Å². The molecule has 0 unspecified atom stereocenters. The maximum atomic E-state index is 5.58. The SMILES string of the molecule is C/C=c1/nc(N)cc/c1=C/N(C)C. The molecule has 1 heterocycles. The Bertz CT molecular complexity index is 393. The number of rotatable bonds is 1. The van der Waals surface area contributed by atoms with Crippen LogP contribution in [0.1, 0.15) is 6.92 Å². The Kier molecular flexibility index (Phi) is 2.90. The van der Waals surface area contributed by atoms with Crippen molar-refractivity contribution in [1.29, 1.82) is 0 Å². The third kappa shape index (κ3) is 2.47. The van der Waals surface area contributed by atoms with Crippen molar-refractivity contribution < 1.29 is 0 Å². The number of anilines is 1. The first-order chi connectivity index (χ1) is 6.13. The Morgan fingerprint density at radius 2 is 2.08 bits per heavy atom. The van der Waals surface area contributed by atoms with Crippen LogP contribution in [0.5, 0.6) is 0 Å². The summed E-state index contributed by atoms with van der Waals surface area (Å²) in [6.45, 7) is 1.95. The Labute approximate surface area is 78.2 Å². The molecule has 0 bridgehead atoms. The van der Waals surface area contributed by atoms with Crippen molar-refractivity contribution in [3.05, 3.63) is 22.7 Å². The molecular formula is C10H15N3. The molecule has 1 aromatic rings. The fourth-order valence-corrected chi connectivity index (χ4v) is 1.12. The summed E-state index contributed by atoms with van der Waals surface area (Å²) < 4.78 is 0. The number of aromatic nitrogens is 1. The van der Waals surface area contributed by atoms with Crippen LogP contribution in [-0.4, -0.2) is 24.0 Å². The molecule has 3 nitrogen and oxygen atoms in total. The summed E-state index contributed by atoms with van der Waals surface area (Å²) in [5.74, 6) is 0.559. The molecule has 1 aromatic heterocycles. The van der Waals surface area contributed by atoms with Crippen molar-refractivity contribution >= 4 is 18.1 Å². The summed E-state index contributed by atoms with van der Waals surface area (Å²) in [5, 5.41) is 2.01. The normalized spacial score (nSPS) is 13.5. The Balaban J connectivity index is 3.40. The molecule has 2 N–H and O–H groups in total. The van der Waals surface area contributed by atoms with Gasteiger partial charge in [-0.15, -0.1) is 0 Å². The van der Waals surface area contributed by atoms with E-state index in [4.69, 9.17) is 5.73 Å². The molecule has 0 fully saturated rings. The average Bonchev–Trinajstić information content (AvgIpc) is 2.07. The van der Waals surface area contributed by atoms with Crippen LogP contribution in [0.3, 0.4) is 0 Å². The third-order valence-electron chi connectivity index (χ3n) is 1.65. The Morgan fingerprint density at radius 3 is 2.62 bits per heavy atom. The number of nitrogen functional groups attached to an aromatic ring is 1. The van der Waals surface area contributed by atoms with Gasteiger partial charge in [0.2, 0.25) is 0 Å². The molecule has 0 spiro atoms. The van der Waals surface area contributed by atoms with E-state index in [9.17, 15) is 0 Å². The molecule has 3 heteroatoms. The number of hydrogen-bond donors (Lipinski definition) is 1. The lowest BCUT2D eigenvalue weighted by Crippen LogP contribution is -2.30. The van der Waals surface area contributed by atoms with Crippen molar-refractivity contribution in [1.82, 2.24) is 9.88 Å². The molecule has 0 saturated heterocycles. The molecule has 13 heavy (non-hydrogen) atoms. The predicted molar refractivity (Wildman–Crippen MR) is 56.2 cm³/mol. The number of nitrogens with two attached hydrogens (primary N) is 1. The van der Waals surface area contributed by atoms with E-state index in [2.05, 4.69) is 4.98 Å². The fraction of sp³-hybridized carbons (Fsp3) is 0.300. The maximum Gasteiger partial charge on any atom is 0.124 e. The van der Waals surface area contributed by atoms with Gasteiger partial charge in [0.15, 0.2) is 0 Å². The molecule has 0 radical (unpaired) electrons. The van der Waals surface area contributed by atoms with Gasteiger partial charge in [0.25, 0.3) is 0 Å². The van der Waals surface area contributed by atoms with Crippen LogP contribution in [0, 0.1) is 0 Å². The molecule has 0 saturated carbocycles. The molecule has 70 valence electrons. The van der Waals surface area contributed by atoms with Gasteiger partial charge in [0.1, 0.15) is 5.82 Å². The first-order valence-electron chi connectivity index (χ1n) is 4.20. The number of nitrogens with zero attached hydrogens (tertiary/aromatic N) is 2. The zero-order valence-electron chi connectivity index (χ0n) is 8.28. The first-order valence-corrected chi connectivity index (χ1v) is 4.20. The smallest absolute Gasteiger partial charge is 0.124 e. The van der Waals surface area contributed by atoms with Gasteiger partial charge in [0, 0.05) is 25.5 Å². The lowest BCUT2D eigenvalue weighted by Gasteiger charge is -2.03. The second-order valence-electron chi connectivity index (χ2n) is 3.09. The van der Waals surface area contributed by atoms with Gasteiger partial charge in [-0.3, -0.25) is 0 Å². The van der Waals surface area contributed by atoms with Gasteiger partial charge in [-0.2, -0.15) is 0 Å². The van der Waals surface area contributed by atoms with Crippen molar-refractivity contribution in [2.24, 2.45) is 0 Å². The number of pyridine rings is 1. The van der Waals surface area contributed by atoms with Crippen LogP contribution in [0.2, 0.25) is 0 Å². The molecular weight excluding hydrogens is 162 g/mol. The van der Waals surface area contributed by atoms with Gasteiger partial charge in [0.05, 0.1) is 5.35 Å². The molecule has 0 aliphatic rings. The van der Waals surface area contributed by atoms with E-state index in [1.807, 2.05) is 50.3 Å². The third-order valence-corrected chi connectivity index (χ3v) is 1.65. The van der Waals surface area contributed by atoms with Crippen molar-refractivity contribution in [3.8, 4) is 0 Å². The van der Waals surface area contributed by atoms with Crippen LogP contribution in [0.4, 0.5) is 5.82 Å². The quantitative estimate of drug-likeness (QED) is 0.644. The minimum atomic E-state index is 0.559. The van der Waals surface area contributed by atoms with Crippen LogP contribution >= 0.6 is 0 Å². The van der Waals surface area contributed by atoms with Crippen LogP contribution < -0.4 is 16.3 Å². The zero-order valence-corrected chi connectivity index (χ0v) is 8.28. The van der Waals surface area contributed by atoms with Crippen molar-refractivity contribution in [2.75, 3.05) is 19.8 Å².